The van der Waals surface area contributed by atoms with E-state index in [0.717, 1.165) is 56.1 Å². The number of rotatable bonds is 4. The molecular formula is C40H59NO11. The number of hydrogen-bond acceptors (Lipinski definition) is 12. The maximum atomic E-state index is 14.1. The third-order valence-electron chi connectivity index (χ3n) is 14.0. The Morgan fingerprint density at radius 2 is 1.56 bits per heavy atom. The molecular weight excluding hydrogens is 670 g/mol. The minimum Gasteiger partial charge on any atom is -0.392 e. The van der Waals surface area contributed by atoms with Crippen LogP contribution in [0.25, 0.3) is 0 Å². The second-order valence-corrected chi connectivity index (χ2v) is 17.4. The molecule has 0 aromatic carbocycles. The normalized spacial score (nSPS) is 52.4. The molecule has 0 aliphatic carbocycles. The average molecular weight is 730 g/mol. The Bertz CT molecular complexity index is 1380. The molecule has 52 heavy (non-hydrogen) atoms. The van der Waals surface area contributed by atoms with Gasteiger partial charge in [0, 0.05) is 58.1 Å². The van der Waals surface area contributed by atoms with Gasteiger partial charge in [0.15, 0.2) is 5.79 Å². The lowest BCUT2D eigenvalue weighted by molar-refractivity contribution is -0.292. The van der Waals surface area contributed by atoms with Crippen LogP contribution in [0, 0.1) is 11.8 Å². The number of nitrogens with two attached hydrogens (primary N) is 1. The van der Waals surface area contributed by atoms with E-state index in [4.69, 9.17) is 48.4 Å². The van der Waals surface area contributed by atoms with Gasteiger partial charge in [-0.05, 0) is 62.0 Å². The number of methoxy groups -OCH3 is 1. The third kappa shape index (κ3) is 6.59. The zero-order valence-electron chi connectivity index (χ0n) is 30.8. The van der Waals surface area contributed by atoms with Crippen LogP contribution in [0.5, 0.6) is 0 Å². The van der Waals surface area contributed by atoms with Gasteiger partial charge in [0.1, 0.15) is 36.3 Å². The van der Waals surface area contributed by atoms with E-state index in [1.54, 1.807) is 7.11 Å². The average Bonchev–Trinajstić information content (AvgIpc) is 3.79. The summed E-state index contributed by atoms with van der Waals surface area (Å²) in [7, 11) is 1.66. The molecule has 0 amide bonds. The fourth-order valence-electron chi connectivity index (χ4n) is 11.3. The van der Waals surface area contributed by atoms with Crippen LogP contribution in [0.4, 0.5) is 0 Å². The summed E-state index contributed by atoms with van der Waals surface area (Å²) < 4.78 is 60.0. The van der Waals surface area contributed by atoms with Crippen LogP contribution in [0.15, 0.2) is 24.3 Å². The Balaban J connectivity index is 0.994. The van der Waals surface area contributed by atoms with Gasteiger partial charge < -0.3 is 53.5 Å². The smallest absolute Gasteiger partial charge is 0.172 e. The molecule has 12 nitrogen and oxygen atoms in total. The minimum atomic E-state index is -0.780. The van der Waals surface area contributed by atoms with E-state index >= 15 is 0 Å². The van der Waals surface area contributed by atoms with Crippen molar-refractivity contribution in [1.29, 1.82) is 0 Å². The summed E-state index contributed by atoms with van der Waals surface area (Å²) >= 11 is 0. The highest BCUT2D eigenvalue weighted by Gasteiger charge is 2.68. The molecule has 13 unspecified atom stereocenters. The summed E-state index contributed by atoms with van der Waals surface area (Å²) in [6.45, 7) is 11.3. The van der Waals surface area contributed by atoms with Crippen LogP contribution in [0.2, 0.25) is 0 Å². The lowest BCUT2D eigenvalue weighted by atomic mass is 9.81. The van der Waals surface area contributed by atoms with Crippen molar-refractivity contribution in [3.63, 3.8) is 0 Å². The first kappa shape index (κ1) is 36.4. The molecule has 0 aromatic heterocycles. The van der Waals surface area contributed by atoms with E-state index in [9.17, 15) is 9.90 Å². The predicted molar refractivity (Wildman–Crippen MR) is 186 cm³/mol. The molecule has 10 aliphatic rings. The Morgan fingerprint density at radius 3 is 2.38 bits per heavy atom. The van der Waals surface area contributed by atoms with Crippen molar-refractivity contribution in [2.75, 3.05) is 13.7 Å². The molecule has 10 saturated heterocycles. The lowest BCUT2D eigenvalue weighted by Gasteiger charge is -2.47. The van der Waals surface area contributed by atoms with E-state index in [-0.39, 0.29) is 122 Å². The van der Waals surface area contributed by atoms with Crippen molar-refractivity contribution >= 4 is 5.78 Å². The molecule has 1 spiro atoms. The molecule has 0 aromatic rings. The molecule has 12 heteroatoms. The zero-order valence-corrected chi connectivity index (χ0v) is 30.8. The van der Waals surface area contributed by atoms with Gasteiger partial charge in [0.2, 0.25) is 0 Å². The van der Waals surface area contributed by atoms with Gasteiger partial charge in [-0.1, -0.05) is 20.1 Å². The number of carbonyl (C=O) groups is 1. The number of Topliss-reactive ketones (excluding diaryl/α,β-unsaturated/α-hetero) is 1. The van der Waals surface area contributed by atoms with Crippen molar-refractivity contribution in [2.45, 2.75) is 194 Å². The number of hydrogen-bond donors (Lipinski definition) is 2. The van der Waals surface area contributed by atoms with Crippen molar-refractivity contribution < 1.29 is 52.5 Å². The highest BCUT2D eigenvalue weighted by molar-refractivity contribution is 5.79. The summed E-state index contributed by atoms with van der Waals surface area (Å²) in [5.41, 5.74) is 8.01. The molecule has 10 heterocycles. The summed E-state index contributed by atoms with van der Waals surface area (Å²) in [4.78, 5) is 14.1. The summed E-state index contributed by atoms with van der Waals surface area (Å²) in [6, 6.07) is 0. The number of aliphatic hydroxyl groups excluding tert-OH is 1. The van der Waals surface area contributed by atoms with E-state index in [0.29, 0.717) is 25.7 Å². The molecule has 19 atom stereocenters. The summed E-state index contributed by atoms with van der Waals surface area (Å²) in [5, 5.41) is 10.5. The fourth-order valence-corrected chi connectivity index (χ4v) is 11.3. The van der Waals surface area contributed by atoms with E-state index in [1.807, 2.05) is 0 Å². The van der Waals surface area contributed by atoms with E-state index < -0.39 is 18.0 Å². The summed E-state index contributed by atoms with van der Waals surface area (Å²) in [6.07, 6.45) is 4.85. The Morgan fingerprint density at radius 1 is 0.808 bits per heavy atom. The van der Waals surface area contributed by atoms with Crippen LogP contribution < -0.4 is 5.73 Å². The number of ketones is 1. The highest BCUT2D eigenvalue weighted by Crippen LogP contribution is 2.54. The quantitative estimate of drug-likeness (QED) is 0.409. The van der Waals surface area contributed by atoms with Gasteiger partial charge >= 0.3 is 0 Å². The molecule has 10 fully saturated rings. The highest BCUT2D eigenvalue weighted by atomic mass is 16.8. The maximum absolute atomic E-state index is 14.1. The van der Waals surface area contributed by atoms with Gasteiger partial charge in [-0.3, -0.25) is 4.79 Å². The van der Waals surface area contributed by atoms with Crippen LogP contribution >= 0.6 is 0 Å². The van der Waals surface area contributed by atoms with Crippen LogP contribution in [0.1, 0.15) is 90.4 Å². The Hall–Kier alpha value is -1.29. The fraction of sp³-hybridized carbons (Fsp3) is 0.875. The molecule has 3 N–H and O–H groups in total. The standard InChI is InChI=1S/C40H59NO11/c1-19-11-24-5-7-28-20(2)12-26(45-28)9-10-40-17-33-36(51-40)37-38(50-33)39(52-40)35-29(49-37)8-6-25(47-35)13-22(42)14-27-31(16-30(46-24)21(19)3)48-32(34(27)44-4)15-23(43)18-41/h19,23-39,43H,2-3,5-18,41H2,1,4H3/t19-,23?,24?,25?,26?,27?,28?,29?,30?,31+,32?,33?,34-,35+,36?,37+,38?,39?,40+/m1/s1. The van der Waals surface area contributed by atoms with Crippen molar-refractivity contribution in [1.82, 2.24) is 0 Å². The zero-order chi connectivity index (χ0) is 35.9. The van der Waals surface area contributed by atoms with E-state index in [1.165, 1.54) is 0 Å². The Labute approximate surface area is 307 Å². The van der Waals surface area contributed by atoms with Gasteiger partial charge in [0.05, 0.1) is 67.1 Å². The first-order chi connectivity index (χ1) is 25.1. The van der Waals surface area contributed by atoms with Gasteiger partial charge in [-0.15, -0.1) is 0 Å². The van der Waals surface area contributed by atoms with Crippen molar-refractivity contribution in [3.05, 3.63) is 24.3 Å². The van der Waals surface area contributed by atoms with Crippen LogP contribution in [0.3, 0.4) is 0 Å². The molecule has 10 aliphatic heterocycles. The number of aliphatic hydroxyl groups is 1. The topological polar surface area (TPSA) is 146 Å². The summed E-state index contributed by atoms with van der Waals surface area (Å²) in [5.74, 6) is -0.619. The second kappa shape index (κ2) is 14.3. The monoisotopic (exact) mass is 729 g/mol. The third-order valence-corrected chi connectivity index (χ3v) is 14.0. The SMILES string of the molecule is C=C1CC2CC[C@@]34CC5OC6C(O3)[C@H]3OC(CCC3O[C@H]6C5O4)CC(=O)CC3[C@@H](OC)C(CC(O)CN)O[C@H]3CC3OC(CCC1O2)C[C@@H](C)C3=C. The first-order valence-corrected chi connectivity index (χ1v) is 20.2. The predicted octanol–water partition coefficient (Wildman–Crippen LogP) is 3.44. The molecule has 12 bridgehead atoms. The number of ether oxygens (including phenoxy) is 9. The number of carbonyl (C=O) groups excluding carboxylic acids is 1. The largest absolute Gasteiger partial charge is 0.392 e. The minimum absolute atomic E-state index is 0.0158. The second-order valence-electron chi connectivity index (χ2n) is 17.4. The maximum Gasteiger partial charge on any atom is 0.172 e. The Kier molecular flexibility index (Phi) is 10.0. The molecule has 0 radical (unpaired) electrons. The van der Waals surface area contributed by atoms with Crippen molar-refractivity contribution in [2.24, 2.45) is 17.6 Å². The van der Waals surface area contributed by atoms with Gasteiger partial charge in [0.25, 0.3) is 0 Å². The molecule has 290 valence electrons. The van der Waals surface area contributed by atoms with E-state index in [2.05, 4.69) is 20.1 Å². The first-order valence-electron chi connectivity index (χ1n) is 20.2. The van der Waals surface area contributed by atoms with Gasteiger partial charge in [-0.2, -0.15) is 0 Å². The van der Waals surface area contributed by atoms with Crippen LogP contribution in [-0.4, -0.2) is 128 Å². The van der Waals surface area contributed by atoms with Crippen molar-refractivity contribution in [3.8, 4) is 0 Å². The molecule has 10 rings (SSSR count). The van der Waals surface area contributed by atoms with Crippen LogP contribution in [-0.2, 0) is 47.4 Å². The lowest BCUT2D eigenvalue weighted by Crippen LogP contribution is -2.61. The number of fused-ring (bicyclic) bond motifs is 6. The van der Waals surface area contributed by atoms with Gasteiger partial charge in [-0.25, -0.2) is 0 Å². The molecule has 0 saturated carbocycles.